The zero-order valence-corrected chi connectivity index (χ0v) is 11.6. The number of carbonyl (C=O) groups excluding carboxylic acids is 1. The molecule has 0 spiro atoms. The van der Waals surface area contributed by atoms with Gasteiger partial charge in [-0.15, -0.1) is 0 Å². The van der Waals surface area contributed by atoms with E-state index in [0.29, 0.717) is 6.32 Å². The molecule has 0 saturated carbocycles. The quantitative estimate of drug-likeness (QED) is 0.379. The molecule has 3 heteroatoms. The first-order chi connectivity index (χ1) is 8.77. The van der Waals surface area contributed by atoms with Crippen LogP contribution in [0.2, 0.25) is 6.32 Å². The molecule has 0 aliphatic carbocycles. The van der Waals surface area contributed by atoms with Crippen molar-refractivity contribution in [2.24, 2.45) is 0 Å². The minimum atomic E-state index is 0.182. The van der Waals surface area contributed by atoms with Crippen molar-refractivity contribution in [1.82, 2.24) is 0 Å². The van der Waals surface area contributed by atoms with E-state index in [9.17, 15) is 4.79 Å². The van der Waals surface area contributed by atoms with Crippen LogP contribution in [-0.2, 0) is 0 Å². The molecule has 0 atom stereocenters. The summed E-state index contributed by atoms with van der Waals surface area (Å²) in [5.41, 5.74) is 0.771. The van der Waals surface area contributed by atoms with Crippen molar-refractivity contribution < 1.29 is 9.53 Å². The predicted octanol–water partition coefficient (Wildman–Crippen LogP) is 3.27. The topological polar surface area (TPSA) is 26.3 Å². The van der Waals surface area contributed by atoms with E-state index in [-0.39, 0.29) is 5.78 Å². The van der Waals surface area contributed by atoms with Crippen LogP contribution in [0.1, 0.15) is 49.4 Å². The zero-order chi connectivity index (χ0) is 13.2. The van der Waals surface area contributed by atoms with Crippen LogP contribution in [0.3, 0.4) is 0 Å². The predicted molar refractivity (Wildman–Crippen MR) is 78.4 cm³/mol. The summed E-state index contributed by atoms with van der Waals surface area (Å²) in [5.74, 6) is 1.04. The van der Waals surface area contributed by atoms with Crippen LogP contribution in [0.25, 0.3) is 0 Å². The maximum Gasteiger partial charge on any atom is 0.155 e. The van der Waals surface area contributed by atoms with Crippen molar-refractivity contribution in [2.45, 2.75) is 45.3 Å². The molecular weight excluding hydrogens is 223 g/mol. The highest BCUT2D eigenvalue weighted by Gasteiger charge is 2.02. The third-order valence-corrected chi connectivity index (χ3v) is 3.01. The van der Waals surface area contributed by atoms with Crippen LogP contribution in [0, 0.1) is 0 Å². The van der Waals surface area contributed by atoms with Crippen LogP contribution in [0.4, 0.5) is 0 Å². The van der Waals surface area contributed by atoms with Crippen molar-refractivity contribution >= 4 is 13.6 Å². The second-order valence-electron chi connectivity index (χ2n) is 4.56. The number of benzene rings is 1. The number of unbranched alkanes of at least 4 members (excludes halogenated alkanes) is 4. The summed E-state index contributed by atoms with van der Waals surface area (Å²) in [6.45, 7) is 2.99. The van der Waals surface area contributed by atoms with Crippen LogP contribution in [-0.4, -0.2) is 20.2 Å². The Bertz CT molecular complexity index is 346. The summed E-state index contributed by atoms with van der Waals surface area (Å²) in [6.07, 6.45) is 6.78. The highest BCUT2D eigenvalue weighted by Crippen LogP contribution is 2.14. The molecule has 0 radical (unpaired) electrons. The van der Waals surface area contributed by atoms with Gasteiger partial charge in [-0.3, -0.25) is 4.79 Å². The van der Waals surface area contributed by atoms with Gasteiger partial charge in [0.2, 0.25) is 0 Å². The van der Waals surface area contributed by atoms with Crippen LogP contribution in [0.15, 0.2) is 24.3 Å². The minimum absolute atomic E-state index is 0.182. The van der Waals surface area contributed by atoms with E-state index in [1.54, 1.807) is 0 Å². The van der Waals surface area contributed by atoms with E-state index in [1.807, 2.05) is 32.1 Å². The zero-order valence-electron chi connectivity index (χ0n) is 11.6. The van der Waals surface area contributed by atoms with Crippen molar-refractivity contribution in [3.05, 3.63) is 29.8 Å². The summed E-state index contributed by atoms with van der Waals surface area (Å²) in [4.78, 5) is 11.4. The molecule has 1 aromatic rings. The lowest BCUT2D eigenvalue weighted by Crippen LogP contribution is -1.99. The Kier molecular flexibility index (Phi) is 7.23. The molecule has 0 amide bonds. The number of ketones is 1. The average Bonchev–Trinajstić information content (AvgIpc) is 2.42. The highest BCUT2D eigenvalue weighted by molar-refractivity contribution is 6.23. The Hall–Kier alpha value is -1.25. The van der Waals surface area contributed by atoms with E-state index in [1.165, 1.54) is 25.7 Å². The van der Waals surface area contributed by atoms with Gasteiger partial charge in [0.1, 0.15) is 13.6 Å². The molecule has 0 heterocycles. The lowest BCUT2D eigenvalue weighted by Gasteiger charge is -2.06. The number of rotatable bonds is 9. The third kappa shape index (κ3) is 5.39. The molecule has 2 nitrogen and oxygen atoms in total. The first-order valence-electron chi connectivity index (χ1n) is 7.04. The van der Waals surface area contributed by atoms with Crippen molar-refractivity contribution in [3.63, 3.8) is 0 Å². The van der Waals surface area contributed by atoms with Gasteiger partial charge >= 0.3 is 0 Å². The Labute approximate surface area is 111 Å². The Morgan fingerprint density at radius 1 is 1.11 bits per heavy atom. The average molecular weight is 246 g/mol. The molecule has 0 aliphatic heterocycles. The normalized spacial score (nSPS) is 10.3. The first kappa shape index (κ1) is 14.8. The molecule has 0 N–H and O–H groups in total. The Morgan fingerprint density at radius 3 is 2.39 bits per heavy atom. The Morgan fingerprint density at radius 2 is 1.78 bits per heavy atom. The molecule has 0 aromatic heterocycles. The molecule has 0 fully saturated rings. The van der Waals surface area contributed by atoms with E-state index in [2.05, 4.69) is 6.92 Å². The first-order valence-corrected chi connectivity index (χ1v) is 7.04. The molecule has 18 heavy (non-hydrogen) atoms. The van der Waals surface area contributed by atoms with Gasteiger partial charge in [0.15, 0.2) is 5.78 Å². The van der Waals surface area contributed by atoms with Gasteiger partial charge in [0.05, 0.1) is 6.61 Å². The highest BCUT2D eigenvalue weighted by atomic mass is 16.5. The van der Waals surface area contributed by atoms with Gasteiger partial charge in [-0.2, -0.15) is 0 Å². The monoisotopic (exact) mass is 246 g/mol. The van der Waals surface area contributed by atoms with E-state index >= 15 is 0 Å². The second kappa shape index (κ2) is 8.79. The van der Waals surface area contributed by atoms with Gasteiger partial charge < -0.3 is 4.74 Å². The number of Topliss-reactive ketones (excluding diaryl/α,β-unsaturated/α-hetero) is 1. The summed E-state index contributed by atoms with van der Waals surface area (Å²) in [6, 6.07) is 7.46. The van der Waals surface area contributed by atoms with Crippen LogP contribution >= 0.6 is 0 Å². The fraction of sp³-hybridized carbons (Fsp3) is 0.533. The molecule has 0 unspecified atom stereocenters. The van der Waals surface area contributed by atoms with E-state index < -0.39 is 0 Å². The summed E-state index contributed by atoms with van der Waals surface area (Å²) < 4.78 is 5.64. The lowest BCUT2D eigenvalue weighted by molar-refractivity contribution is 0.101. The SMILES string of the molecule is BCC(=O)c1ccc(OCCCCCCC)cc1. The van der Waals surface area contributed by atoms with Gasteiger partial charge in [-0.05, 0) is 37.0 Å². The van der Waals surface area contributed by atoms with Gasteiger partial charge in [0.25, 0.3) is 0 Å². The number of ether oxygens (including phenoxy) is 1. The fourth-order valence-corrected chi connectivity index (χ4v) is 1.84. The third-order valence-electron chi connectivity index (χ3n) is 3.01. The van der Waals surface area contributed by atoms with Gasteiger partial charge in [-0.25, -0.2) is 0 Å². The summed E-state index contributed by atoms with van der Waals surface area (Å²) >= 11 is 0. The maximum atomic E-state index is 11.4. The lowest BCUT2D eigenvalue weighted by atomic mass is 9.96. The standard InChI is InChI=1S/C15H23BO2/c1-2-3-4-5-6-11-18-14-9-7-13(8-10-14)15(17)12-16/h7-10H,2-6,11-12,16H2,1H3. The smallest absolute Gasteiger partial charge is 0.155 e. The van der Waals surface area contributed by atoms with Crippen molar-refractivity contribution in [1.29, 1.82) is 0 Å². The Balaban J connectivity index is 2.25. The molecule has 0 aliphatic rings. The second-order valence-corrected chi connectivity index (χ2v) is 4.56. The molecule has 1 aromatic carbocycles. The van der Waals surface area contributed by atoms with Crippen molar-refractivity contribution in [2.75, 3.05) is 6.61 Å². The van der Waals surface area contributed by atoms with Crippen LogP contribution < -0.4 is 4.74 Å². The molecular formula is C15H23BO2. The largest absolute Gasteiger partial charge is 0.494 e. The minimum Gasteiger partial charge on any atom is -0.494 e. The van der Waals surface area contributed by atoms with Crippen LogP contribution in [0.5, 0.6) is 5.75 Å². The number of hydrogen-bond acceptors (Lipinski definition) is 2. The maximum absolute atomic E-state index is 11.4. The van der Waals surface area contributed by atoms with Gasteiger partial charge in [0, 0.05) is 5.56 Å². The van der Waals surface area contributed by atoms with Crippen molar-refractivity contribution in [3.8, 4) is 5.75 Å². The molecule has 98 valence electrons. The fourth-order valence-electron chi connectivity index (χ4n) is 1.84. The van der Waals surface area contributed by atoms with E-state index in [0.717, 1.165) is 24.3 Å². The van der Waals surface area contributed by atoms with Gasteiger partial charge in [-0.1, -0.05) is 32.6 Å². The molecule has 0 bridgehead atoms. The molecule has 0 saturated heterocycles. The molecule has 1 rings (SSSR count). The number of carbonyl (C=O) groups is 1. The summed E-state index contributed by atoms with van der Waals surface area (Å²) in [5, 5.41) is 0. The summed E-state index contributed by atoms with van der Waals surface area (Å²) in [7, 11) is 1.88. The number of hydrogen-bond donors (Lipinski definition) is 0. The van der Waals surface area contributed by atoms with E-state index in [4.69, 9.17) is 4.74 Å².